The van der Waals surface area contributed by atoms with Gasteiger partial charge in [0, 0.05) is 29.2 Å². The van der Waals surface area contributed by atoms with Crippen molar-refractivity contribution in [2.24, 2.45) is 12.8 Å². The van der Waals surface area contributed by atoms with Gasteiger partial charge in [0.1, 0.15) is 0 Å². The Hall–Kier alpha value is -1.13. The number of aromatic nitrogens is 2. The lowest BCUT2D eigenvalue weighted by molar-refractivity contribution is 0.470. The molecule has 3 nitrogen and oxygen atoms in total. The van der Waals surface area contributed by atoms with Crippen molar-refractivity contribution in [3.05, 3.63) is 51.8 Å². The minimum absolute atomic E-state index is 0.416. The number of rotatable bonds is 3. The first kappa shape index (κ1) is 13.3. The van der Waals surface area contributed by atoms with E-state index in [1.807, 2.05) is 36.9 Å². The van der Waals surface area contributed by atoms with E-state index in [2.05, 4.69) is 40.1 Å². The third-order valence-electron chi connectivity index (χ3n) is 3.14. The smallest absolute Gasteiger partial charge is 0.0596 e. The molecule has 0 bridgehead atoms. The summed E-state index contributed by atoms with van der Waals surface area (Å²) in [6, 6.07) is 10.2. The van der Waals surface area contributed by atoms with E-state index in [-0.39, 0.29) is 0 Å². The number of benzene rings is 1. The van der Waals surface area contributed by atoms with Crippen molar-refractivity contribution in [1.82, 2.24) is 9.78 Å². The van der Waals surface area contributed by atoms with Crippen LogP contribution in [0, 0.1) is 6.92 Å². The first-order valence-corrected chi connectivity index (χ1v) is 6.73. The highest BCUT2D eigenvalue weighted by molar-refractivity contribution is 9.10. The van der Waals surface area contributed by atoms with Crippen molar-refractivity contribution < 1.29 is 0 Å². The van der Waals surface area contributed by atoms with Gasteiger partial charge in [0.2, 0.25) is 0 Å². The van der Waals surface area contributed by atoms with E-state index >= 15 is 0 Å². The van der Waals surface area contributed by atoms with E-state index in [9.17, 15) is 0 Å². The molecule has 1 aromatic carbocycles. The molecule has 0 aliphatic heterocycles. The largest absolute Gasteiger partial charge is 0.321 e. The summed E-state index contributed by atoms with van der Waals surface area (Å²) >= 11 is 3.57. The van der Waals surface area contributed by atoms with Crippen LogP contribution in [0.4, 0.5) is 0 Å². The zero-order valence-electron chi connectivity index (χ0n) is 10.9. The van der Waals surface area contributed by atoms with Crippen molar-refractivity contribution in [1.29, 1.82) is 0 Å². The Morgan fingerprint density at radius 1 is 1.39 bits per heavy atom. The van der Waals surface area contributed by atoms with E-state index in [4.69, 9.17) is 5.73 Å². The molecule has 4 heteroatoms. The summed E-state index contributed by atoms with van der Waals surface area (Å²) in [5, 5.41) is 4.36. The van der Waals surface area contributed by atoms with Crippen molar-refractivity contribution in [2.75, 3.05) is 0 Å². The van der Waals surface area contributed by atoms with Gasteiger partial charge in [0.25, 0.3) is 0 Å². The molecule has 0 aliphatic carbocycles. The number of halogens is 1. The second kappa shape index (κ2) is 4.86. The summed E-state index contributed by atoms with van der Waals surface area (Å²) in [7, 11) is 1.96. The highest BCUT2D eigenvalue weighted by atomic mass is 79.9. The number of hydrogen-bond donors (Lipinski definition) is 1. The zero-order chi connectivity index (χ0) is 13.3. The first-order chi connectivity index (χ1) is 8.40. The zero-order valence-corrected chi connectivity index (χ0v) is 12.5. The van der Waals surface area contributed by atoms with Crippen LogP contribution in [0.3, 0.4) is 0 Å². The Bertz CT molecular complexity index is 558. The van der Waals surface area contributed by atoms with E-state index in [0.29, 0.717) is 0 Å². The monoisotopic (exact) mass is 307 g/mol. The summed E-state index contributed by atoms with van der Waals surface area (Å²) in [4.78, 5) is 0. The quantitative estimate of drug-likeness (QED) is 0.947. The molecule has 0 fully saturated rings. The van der Waals surface area contributed by atoms with Crippen LogP contribution in [0.25, 0.3) is 0 Å². The molecule has 2 N–H and O–H groups in total. The van der Waals surface area contributed by atoms with E-state index < -0.39 is 5.54 Å². The molecular formula is C14H18BrN3. The van der Waals surface area contributed by atoms with Crippen LogP contribution in [0.1, 0.15) is 23.9 Å². The number of nitrogens with zero attached hydrogens (tertiary/aromatic N) is 2. The van der Waals surface area contributed by atoms with Gasteiger partial charge >= 0.3 is 0 Å². The minimum atomic E-state index is -0.416. The Labute approximate surface area is 116 Å². The molecule has 96 valence electrons. The maximum absolute atomic E-state index is 6.48. The molecular weight excluding hydrogens is 290 g/mol. The van der Waals surface area contributed by atoms with Gasteiger partial charge in [0.05, 0.1) is 5.69 Å². The Kier molecular flexibility index (Phi) is 3.59. The summed E-state index contributed by atoms with van der Waals surface area (Å²) in [6.07, 6.45) is 0.757. The van der Waals surface area contributed by atoms with Gasteiger partial charge in [-0.25, -0.2) is 0 Å². The van der Waals surface area contributed by atoms with Crippen LogP contribution in [0.5, 0.6) is 0 Å². The number of nitrogens with two attached hydrogens (primary N) is 1. The number of aryl methyl sites for hydroxylation is 2. The molecule has 0 saturated heterocycles. The Balaban J connectivity index is 2.32. The molecule has 1 atom stereocenters. The van der Waals surface area contributed by atoms with Gasteiger partial charge in [-0.2, -0.15) is 5.10 Å². The fourth-order valence-electron chi connectivity index (χ4n) is 2.23. The van der Waals surface area contributed by atoms with Crippen LogP contribution in [-0.4, -0.2) is 9.78 Å². The molecule has 18 heavy (non-hydrogen) atoms. The third-order valence-corrected chi connectivity index (χ3v) is 3.83. The van der Waals surface area contributed by atoms with Crippen molar-refractivity contribution in [2.45, 2.75) is 25.8 Å². The molecule has 0 amide bonds. The van der Waals surface area contributed by atoms with Crippen molar-refractivity contribution in [3.8, 4) is 0 Å². The van der Waals surface area contributed by atoms with Crippen LogP contribution in [-0.2, 0) is 19.0 Å². The lowest BCUT2D eigenvalue weighted by Gasteiger charge is -2.26. The predicted molar refractivity (Wildman–Crippen MR) is 77.3 cm³/mol. The fraction of sp³-hybridized carbons (Fsp3) is 0.357. The SMILES string of the molecule is Cc1cc(CC(C)(N)c2ccccc2Br)n(C)n1. The van der Waals surface area contributed by atoms with Gasteiger partial charge < -0.3 is 5.73 Å². The Morgan fingerprint density at radius 2 is 2.06 bits per heavy atom. The first-order valence-electron chi connectivity index (χ1n) is 5.93. The second-order valence-electron chi connectivity index (χ2n) is 4.97. The molecule has 0 spiro atoms. The van der Waals surface area contributed by atoms with Gasteiger partial charge in [-0.1, -0.05) is 34.1 Å². The minimum Gasteiger partial charge on any atom is -0.321 e. The van der Waals surface area contributed by atoms with E-state index in [1.165, 1.54) is 0 Å². The average molecular weight is 308 g/mol. The predicted octanol–water partition coefficient (Wildman–Crippen LogP) is 2.91. The molecule has 2 rings (SSSR count). The molecule has 1 aromatic heterocycles. The molecule has 1 unspecified atom stereocenters. The van der Waals surface area contributed by atoms with Gasteiger partial charge in [-0.15, -0.1) is 0 Å². The summed E-state index contributed by atoms with van der Waals surface area (Å²) in [5.41, 5.74) is 9.35. The van der Waals surface area contributed by atoms with E-state index in [0.717, 1.165) is 27.8 Å². The maximum atomic E-state index is 6.48. The van der Waals surface area contributed by atoms with Gasteiger partial charge in [-0.05, 0) is 31.5 Å². The summed E-state index contributed by atoms with van der Waals surface area (Å²) in [6.45, 7) is 4.05. The van der Waals surface area contributed by atoms with Crippen molar-refractivity contribution >= 4 is 15.9 Å². The Morgan fingerprint density at radius 3 is 2.61 bits per heavy atom. The highest BCUT2D eigenvalue weighted by Gasteiger charge is 2.25. The van der Waals surface area contributed by atoms with E-state index in [1.54, 1.807) is 0 Å². The van der Waals surface area contributed by atoms with Gasteiger partial charge in [-0.3, -0.25) is 4.68 Å². The second-order valence-corrected chi connectivity index (χ2v) is 5.83. The lowest BCUT2D eigenvalue weighted by atomic mass is 9.88. The molecule has 2 aromatic rings. The normalized spacial score (nSPS) is 14.5. The topological polar surface area (TPSA) is 43.8 Å². The average Bonchev–Trinajstić information content (AvgIpc) is 2.57. The number of hydrogen-bond acceptors (Lipinski definition) is 2. The third kappa shape index (κ3) is 2.65. The molecule has 0 radical (unpaired) electrons. The molecule has 1 heterocycles. The summed E-state index contributed by atoms with van der Waals surface area (Å²) < 4.78 is 2.95. The van der Waals surface area contributed by atoms with Crippen LogP contribution < -0.4 is 5.73 Å². The molecule has 0 saturated carbocycles. The fourth-order valence-corrected chi connectivity index (χ4v) is 2.96. The van der Waals surface area contributed by atoms with Crippen LogP contribution >= 0.6 is 15.9 Å². The lowest BCUT2D eigenvalue weighted by Crippen LogP contribution is -2.36. The van der Waals surface area contributed by atoms with Crippen LogP contribution in [0.15, 0.2) is 34.8 Å². The maximum Gasteiger partial charge on any atom is 0.0596 e. The van der Waals surface area contributed by atoms with Crippen molar-refractivity contribution in [3.63, 3.8) is 0 Å². The van der Waals surface area contributed by atoms with Crippen LogP contribution in [0.2, 0.25) is 0 Å². The highest BCUT2D eigenvalue weighted by Crippen LogP contribution is 2.29. The standard InChI is InChI=1S/C14H18BrN3/c1-10-8-11(18(3)17-10)9-14(2,16)12-6-4-5-7-13(12)15/h4-8H,9,16H2,1-3H3. The molecule has 0 aliphatic rings. The van der Waals surface area contributed by atoms with Gasteiger partial charge in [0.15, 0.2) is 0 Å². The summed E-state index contributed by atoms with van der Waals surface area (Å²) in [5.74, 6) is 0.